The first-order valence-corrected chi connectivity index (χ1v) is 5.18. The summed E-state index contributed by atoms with van der Waals surface area (Å²) in [4.78, 5) is 11.1. The van der Waals surface area contributed by atoms with Gasteiger partial charge < -0.3 is 9.15 Å². The molecule has 2 rings (SSSR count). The number of fused-ring (bicyclic) bond motifs is 1. The highest BCUT2D eigenvalue weighted by molar-refractivity contribution is 5.77. The van der Waals surface area contributed by atoms with Crippen LogP contribution in [0.15, 0.2) is 64.0 Å². The van der Waals surface area contributed by atoms with E-state index >= 15 is 0 Å². The van der Waals surface area contributed by atoms with E-state index < -0.39 is 0 Å². The molecular weight excluding hydrogens is 216 g/mol. The van der Waals surface area contributed by atoms with Crippen molar-refractivity contribution < 1.29 is 9.15 Å². The fraction of sp³-hybridized carbons (Fsp3) is 0.0714. The molecule has 1 aromatic carbocycles. The summed E-state index contributed by atoms with van der Waals surface area (Å²) in [6.45, 7) is 5.60. The first kappa shape index (κ1) is 11.2. The minimum Gasteiger partial charge on any atom is -0.465 e. The molecule has 0 amide bonds. The summed E-state index contributed by atoms with van der Waals surface area (Å²) in [5, 5.41) is 0.862. The van der Waals surface area contributed by atoms with E-state index in [-0.39, 0.29) is 5.63 Å². The van der Waals surface area contributed by atoms with Crippen LogP contribution in [0.5, 0.6) is 5.75 Å². The molecule has 0 atom stereocenters. The van der Waals surface area contributed by atoms with Gasteiger partial charge in [-0.05, 0) is 31.2 Å². The Bertz CT molecular complexity index is 635. The van der Waals surface area contributed by atoms with E-state index in [1.165, 1.54) is 6.07 Å². The van der Waals surface area contributed by atoms with Crippen LogP contribution in [0.1, 0.15) is 6.92 Å². The first-order chi connectivity index (χ1) is 8.15. The number of hydrogen-bond donors (Lipinski definition) is 0. The average molecular weight is 228 g/mol. The Morgan fingerprint density at radius 2 is 2.12 bits per heavy atom. The molecular formula is C14H12O3. The summed E-state index contributed by atoms with van der Waals surface area (Å²) < 4.78 is 10.4. The summed E-state index contributed by atoms with van der Waals surface area (Å²) in [6, 6.07) is 8.44. The third kappa shape index (κ3) is 2.84. The van der Waals surface area contributed by atoms with Crippen molar-refractivity contribution in [2.75, 3.05) is 0 Å². The van der Waals surface area contributed by atoms with Crippen molar-refractivity contribution in [1.29, 1.82) is 0 Å². The molecule has 0 aliphatic carbocycles. The third-order valence-corrected chi connectivity index (χ3v) is 2.15. The minimum absolute atomic E-state index is 0.368. The third-order valence-electron chi connectivity index (χ3n) is 2.15. The summed E-state index contributed by atoms with van der Waals surface area (Å²) in [7, 11) is 0. The van der Waals surface area contributed by atoms with Gasteiger partial charge >= 0.3 is 5.63 Å². The average Bonchev–Trinajstić information content (AvgIpc) is 2.28. The molecule has 0 fully saturated rings. The minimum atomic E-state index is -0.368. The summed E-state index contributed by atoms with van der Waals surface area (Å²) in [5.74, 6) is 0.615. The number of ether oxygens (including phenoxy) is 1. The molecule has 0 saturated carbocycles. The zero-order valence-corrected chi connectivity index (χ0v) is 9.47. The predicted octanol–water partition coefficient (Wildman–Crippen LogP) is 3.26. The maximum Gasteiger partial charge on any atom is 0.336 e. The van der Waals surface area contributed by atoms with Crippen LogP contribution in [0.4, 0.5) is 0 Å². The molecule has 0 bridgehead atoms. The van der Waals surface area contributed by atoms with E-state index in [0.29, 0.717) is 11.3 Å². The van der Waals surface area contributed by atoms with Gasteiger partial charge in [-0.3, -0.25) is 0 Å². The molecule has 2 aromatic rings. The van der Waals surface area contributed by atoms with Crippen molar-refractivity contribution in [3.8, 4) is 5.75 Å². The van der Waals surface area contributed by atoms with Crippen molar-refractivity contribution in [2.45, 2.75) is 6.92 Å². The van der Waals surface area contributed by atoms with Crippen molar-refractivity contribution in [3.63, 3.8) is 0 Å². The lowest BCUT2D eigenvalue weighted by atomic mass is 10.2. The second-order valence-electron chi connectivity index (χ2n) is 3.72. The number of allylic oxidation sites excluding steroid dienone is 2. The van der Waals surface area contributed by atoms with Gasteiger partial charge in [0.1, 0.15) is 11.3 Å². The smallest absolute Gasteiger partial charge is 0.336 e. The Morgan fingerprint density at radius 3 is 2.88 bits per heavy atom. The standard InChI is InChI=1S/C14H12O3/c1-10(2)7-8-16-12-5-3-11-4-6-14(15)17-13(11)9-12/h3-9H,1H2,2H3/b8-7+. The summed E-state index contributed by atoms with van der Waals surface area (Å²) >= 11 is 0. The van der Waals surface area contributed by atoms with Crippen LogP contribution in [-0.4, -0.2) is 0 Å². The second kappa shape index (κ2) is 4.70. The molecule has 1 heterocycles. The van der Waals surface area contributed by atoms with Gasteiger partial charge in [0, 0.05) is 17.5 Å². The molecule has 3 heteroatoms. The van der Waals surface area contributed by atoms with Crippen LogP contribution in [0.25, 0.3) is 11.0 Å². The van der Waals surface area contributed by atoms with Crippen LogP contribution < -0.4 is 10.4 Å². The maximum absolute atomic E-state index is 11.1. The molecule has 0 spiro atoms. The van der Waals surface area contributed by atoms with Crippen LogP contribution in [-0.2, 0) is 0 Å². The van der Waals surface area contributed by atoms with E-state index in [0.717, 1.165) is 11.0 Å². The molecule has 86 valence electrons. The Morgan fingerprint density at radius 1 is 1.35 bits per heavy atom. The van der Waals surface area contributed by atoms with Gasteiger partial charge in [0.2, 0.25) is 0 Å². The Kier molecular flexibility index (Phi) is 3.10. The van der Waals surface area contributed by atoms with Gasteiger partial charge in [-0.2, -0.15) is 0 Å². The topological polar surface area (TPSA) is 39.4 Å². The molecule has 0 aliphatic rings. The largest absolute Gasteiger partial charge is 0.465 e. The molecule has 0 radical (unpaired) electrons. The van der Waals surface area contributed by atoms with Gasteiger partial charge in [-0.25, -0.2) is 4.79 Å². The lowest BCUT2D eigenvalue weighted by molar-refractivity contribution is 0.478. The van der Waals surface area contributed by atoms with E-state index in [9.17, 15) is 4.79 Å². The van der Waals surface area contributed by atoms with Gasteiger partial charge in [0.05, 0.1) is 6.26 Å². The van der Waals surface area contributed by atoms with Crippen LogP contribution in [0, 0.1) is 0 Å². The Balaban J connectivity index is 2.31. The monoisotopic (exact) mass is 228 g/mol. The summed E-state index contributed by atoms with van der Waals surface area (Å²) in [6.07, 6.45) is 3.30. The number of benzene rings is 1. The van der Waals surface area contributed by atoms with E-state index in [4.69, 9.17) is 9.15 Å². The highest BCUT2D eigenvalue weighted by atomic mass is 16.5. The second-order valence-corrected chi connectivity index (χ2v) is 3.72. The SMILES string of the molecule is C=C(C)/C=C/Oc1ccc2ccc(=O)oc2c1. The zero-order valence-electron chi connectivity index (χ0n) is 9.47. The maximum atomic E-state index is 11.1. The van der Waals surface area contributed by atoms with E-state index in [1.54, 1.807) is 24.5 Å². The number of hydrogen-bond acceptors (Lipinski definition) is 3. The van der Waals surface area contributed by atoms with Crippen molar-refractivity contribution >= 4 is 11.0 Å². The van der Waals surface area contributed by atoms with Gasteiger partial charge in [-0.1, -0.05) is 12.2 Å². The van der Waals surface area contributed by atoms with Gasteiger partial charge in [-0.15, -0.1) is 0 Å². The van der Waals surface area contributed by atoms with Gasteiger partial charge in [0.25, 0.3) is 0 Å². The lowest BCUT2D eigenvalue weighted by Gasteiger charge is -2.01. The van der Waals surface area contributed by atoms with E-state index in [2.05, 4.69) is 6.58 Å². The fourth-order valence-electron chi connectivity index (χ4n) is 1.34. The Labute approximate surface area is 98.6 Å². The molecule has 1 aromatic heterocycles. The van der Waals surface area contributed by atoms with Crippen LogP contribution >= 0.6 is 0 Å². The fourth-order valence-corrected chi connectivity index (χ4v) is 1.34. The molecule has 17 heavy (non-hydrogen) atoms. The van der Waals surface area contributed by atoms with Crippen LogP contribution in [0.2, 0.25) is 0 Å². The first-order valence-electron chi connectivity index (χ1n) is 5.18. The summed E-state index contributed by atoms with van der Waals surface area (Å²) in [5.41, 5.74) is 1.04. The Hall–Kier alpha value is -2.29. The van der Waals surface area contributed by atoms with Crippen molar-refractivity contribution in [1.82, 2.24) is 0 Å². The zero-order chi connectivity index (χ0) is 12.3. The quantitative estimate of drug-likeness (QED) is 0.460. The molecule has 0 aliphatic heterocycles. The van der Waals surface area contributed by atoms with Gasteiger partial charge in [0.15, 0.2) is 0 Å². The van der Waals surface area contributed by atoms with Crippen molar-refractivity contribution in [3.05, 3.63) is 65.2 Å². The molecule has 0 N–H and O–H groups in total. The van der Waals surface area contributed by atoms with Crippen molar-refractivity contribution in [2.24, 2.45) is 0 Å². The lowest BCUT2D eigenvalue weighted by Crippen LogP contribution is -1.94. The van der Waals surface area contributed by atoms with Crippen LogP contribution in [0.3, 0.4) is 0 Å². The molecule has 0 saturated heterocycles. The highest BCUT2D eigenvalue weighted by Crippen LogP contribution is 2.19. The predicted molar refractivity (Wildman–Crippen MR) is 67.1 cm³/mol. The highest BCUT2D eigenvalue weighted by Gasteiger charge is 1.99. The molecule has 0 unspecified atom stereocenters. The molecule has 3 nitrogen and oxygen atoms in total. The van der Waals surface area contributed by atoms with E-state index in [1.807, 2.05) is 19.1 Å². The normalized spacial score (nSPS) is 10.9. The number of rotatable bonds is 3.